The van der Waals surface area contributed by atoms with Crippen LogP contribution in [-0.2, 0) is 17.6 Å². The number of pyridine rings is 1. The lowest BCUT2D eigenvalue weighted by atomic mass is 10.0. The molecule has 0 spiro atoms. The van der Waals surface area contributed by atoms with Gasteiger partial charge >= 0.3 is 0 Å². The first-order valence-electron chi connectivity index (χ1n) is 9.24. The number of aromatic nitrogens is 2. The number of rotatable bonds is 4. The molecule has 2 aromatic heterocycles. The number of carbonyl (C=O) groups is 2. The van der Waals surface area contributed by atoms with Crippen LogP contribution in [0, 0.1) is 6.92 Å². The van der Waals surface area contributed by atoms with E-state index in [1.165, 1.54) is 0 Å². The lowest BCUT2D eigenvalue weighted by molar-refractivity contribution is -0.116. The molecule has 6 nitrogen and oxygen atoms in total. The summed E-state index contributed by atoms with van der Waals surface area (Å²) in [6.07, 6.45) is 6.78. The van der Waals surface area contributed by atoms with E-state index in [1.807, 2.05) is 48.0 Å². The van der Waals surface area contributed by atoms with Gasteiger partial charge in [0.1, 0.15) is 5.65 Å². The number of anilines is 1. The maximum absolute atomic E-state index is 12.5. The highest BCUT2D eigenvalue weighted by Crippen LogP contribution is 2.23. The number of imidazole rings is 1. The molecule has 1 aromatic carbocycles. The molecule has 0 aliphatic carbocycles. The Kier molecular flexibility index (Phi) is 4.62. The van der Waals surface area contributed by atoms with Crippen LogP contribution in [0.3, 0.4) is 0 Å². The van der Waals surface area contributed by atoms with Gasteiger partial charge in [-0.3, -0.25) is 9.59 Å². The van der Waals surface area contributed by atoms with E-state index in [-0.39, 0.29) is 11.8 Å². The van der Waals surface area contributed by atoms with Crippen LogP contribution in [0.2, 0.25) is 0 Å². The van der Waals surface area contributed by atoms with E-state index in [0.717, 1.165) is 41.0 Å². The number of benzene rings is 1. The smallest absolute Gasteiger partial charge is 0.251 e. The number of carbonyl (C=O) groups excluding carboxylic acids is 2. The molecule has 0 fully saturated rings. The van der Waals surface area contributed by atoms with Crippen molar-refractivity contribution in [3.8, 4) is 0 Å². The lowest BCUT2D eigenvalue weighted by Crippen LogP contribution is -2.26. The molecule has 138 valence electrons. The molecule has 1 aliphatic heterocycles. The van der Waals surface area contributed by atoms with Crippen molar-refractivity contribution in [3.63, 3.8) is 0 Å². The summed E-state index contributed by atoms with van der Waals surface area (Å²) in [6, 6.07) is 9.49. The third-order valence-electron chi connectivity index (χ3n) is 4.89. The fourth-order valence-electron chi connectivity index (χ4n) is 3.45. The molecule has 6 heteroatoms. The molecule has 0 unspecified atom stereocenters. The summed E-state index contributed by atoms with van der Waals surface area (Å²) >= 11 is 0. The van der Waals surface area contributed by atoms with Gasteiger partial charge in [0.2, 0.25) is 5.91 Å². The van der Waals surface area contributed by atoms with Crippen molar-refractivity contribution < 1.29 is 9.59 Å². The zero-order valence-corrected chi connectivity index (χ0v) is 15.3. The van der Waals surface area contributed by atoms with Crippen molar-refractivity contribution >= 4 is 23.1 Å². The Balaban J connectivity index is 1.40. The van der Waals surface area contributed by atoms with Gasteiger partial charge in [0.25, 0.3) is 5.91 Å². The average molecular weight is 362 g/mol. The quantitative estimate of drug-likeness (QED) is 0.749. The summed E-state index contributed by atoms with van der Waals surface area (Å²) in [5.74, 6) is -0.0676. The number of nitrogens with one attached hydrogen (secondary N) is 2. The fourth-order valence-corrected chi connectivity index (χ4v) is 3.45. The van der Waals surface area contributed by atoms with Crippen LogP contribution in [0.25, 0.3) is 5.65 Å². The zero-order chi connectivity index (χ0) is 18.8. The second-order valence-corrected chi connectivity index (χ2v) is 6.93. The largest absolute Gasteiger partial charge is 0.352 e. The third kappa shape index (κ3) is 3.69. The molecule has 3 aromatic rings. The van der Waals surface area contributed by atoms with Crippen molar-refractivity contribution in [3.05, 3.63) is 65.1 Å². The Morgan fingerprint density at radius 2 is 2.19 bits per heavy atom. The topological polar surface area (TPSA) is 75.5 Å². The maximum Gasteiger partial charge on any atom is 0.251 e. The van der Waals surface area contributed by atoms with E-state index in [4.69, 9.17) is 0 Å². The number of hydrogen-bond acceptors (Lipinski definition) is 3. The summed E-state index contributed by atoms with van der Waals surface area (Å²) in [6.45, 7) is 2.56. The Labute approximate surface area is 157 Å². The van der Waals surface area contributed by atoms with Crippen molar-refractivity contribution in [1.82, 2.24) is 14.7 Å². The summed E-state index contributed by atoms with van der Waals surface area (Å²) in [7, 11) is 0. The van der Waals surface area contributed by atoms with Crippen molar-refractivity contribution in [2.45, 2.75) is 32.6 Å². The van der Waals surface area contributed by atoms with Crippen LogP contribution in [-0.4, -0.2) is 27.7 Å². The fraction of sp³-hybridized carbons (Fsp3) is 0.286. The highest BCUT2D eigenvalue weighted by Gasteiger charge is 2.15. The monoisotopic (exact) mass is 362 g/mol. The maximum atomic E-state index is 12.5. The highest BCUT2D eigenvalue weighted by atomic mass is 16.2. The first kappa shape index (κ1) is 17.3. The highest BCUT2D eigenvalue weighted by molar-refractivity contribution is 5.97. The molecule has 0 radical (unpaired) electrons. The predicted octanol–water partition coefficient (Wildman–Crippen LogP) is 2.89. The van der Waals surface area contributed by atoms with E-state index in [1.54, 1.807) is 6.07 Å². The van der Waals surface area contributed by atoms with Crippen LogP contribution in [0.1, 0.15) is 40.0 Å². The molecular weight excluding hydrogens is 340 g/mol. The van der Waals surface area contributed by atoms with Crippen LogP contribution < -0.4 is 10.6 Å². The van der Waals surface area contributed by atoms with Gasteiger partial charge in [0, 0.05) is 43.0 Å². The van der Waals surface area contributed by atoms with Gasteiger partial charge in [0.05, 0.1) is 5.69 Å². The standard InChI is InChI=1S/C21H22N4O2/c1-14-4-3-11-25-13-17(23-20(14)25)9-10-22-21(27)16-7-8-18-15(12-16)5-2-6-19(26)24-18/h3-4,7-8,11-13H,2,5-6,9-10H2,1H3,(H,22,27)(H,24,26). The van der Waals surface area contributed by atoms with E-state index in [2.05, 4.69) is 15.6 Å². The molecular formula is C21H22N4O2. The van der Waals surface area contributed by atoms with Crippen LogP contribution in [0.5, 0.6) is 0 Å². The van der Waals surface area contributed by atoms with Gasteiger partial charge in [-0.2, -0.15) is 0 Å². The number of fused-ring (bicyclic) bond motifs is 2. The van der Waals surface area contributed by atoms with Crippen molar-refractivity contribution in [1.29, 1.82) is 0 Å². The molecule has 27 heavy (non-hydrogen) atoms. The van der Waals surface area contributed by atoms with Crippen LogP contribution >= 0.6 is 0 Å². The first-order chi connectivity index (χ1) is 13.1. The normalized spacial score (nSPS) is 13.7. The molecule has 3 heterocycles. The summed E-state index contributed by atoms with van der Waals surface area (Å²) in [5.41, 5.74) is 5.49. The van der Waals surface area contributed by atoms with Gasteiger partial charge in [0.15, 0.2) is 0 Å². The van der Waals surface area contributed by atoms with E-state index >= 15 is 0 Å². The van der Waals surface area contributed by atoms with Crippen molar-refractivity contribution in [2.75, 3.05) is 11.9 Å². The second kappa shape index (κ2) is 7.23. The predicted molar refractivity (Wildman–Crippen MR) is 104 cm³/mol. The molecule has 0 atom stereocenters. The van der Waals surface area contributed by atoms with Crippen LogP contribution in [0.4, 0.5) is 5.69 Å². The van der Waals surface area contributed by atoms with Gasteiger partial charge in [-0.1, -0.05) is 6.07 Å². The molecule has 0 bridgehead atoms. The minimum absolute atomic E-state index is 0.0358. The summed E-state index contributed by atoms with van der Waals surface area (Å²) in [5, 5.41) is 5.85. The molecule has 1 aliphatic rings. The van der Waals surface area contributed by atoms with Gasteiger partial charge in [-0.05, 0) is 55.2 Å². The number of hydrogen-bond donors (Lipinski definition) is 2. The second-order valence-electron chi connectivity index (χ2n) is 6.93. The van der Waals surface area contributed by atoms with Gasteiger partial charge in [-0.25, -0.2) is 4.98 Å². The van der Waals surface area contributed by atoms with E-state index < -0.39 is 0 Å². The molecule has 4 rings (SSSR count). The van der Waals surface area contributed by atoms with Crippen molar-refractivity contribution in [2.24, 2.45) is 0 Å². The SMILES string of the molecule is Cc1cccn2cc(CCNC(=O)c3ccc4c(c3)CCCC(=O)N4)nc12. The molecule has 2 amide bonds. The van der Waals surface area contributed by atoms with E-state index in [0.29, 0.717) is 24.9 Å². The van der Waals surface area contributed by atoms with Gasteiger partial charge in [-0.15, -0.1) is 0 Å². The minimum atomic E-state index is -0.103. The number of aryl methyl sites for hydroxylation is 2. The summed E-state index contributed by atoms with van der Waals surface area (Å²) in [4.78, 5) is 28.7. The molecule has 2 N–H and O–H groups in total. The Morgan fingerprint density at radius 3 is 3.04 bits per heavy atom. The lowest BCUT2D eigenvalue weighted by Gasteiger charge is -2.09. The Hall–Kier alpha value is -3.15. The third-order valence-corrected chi connectivity index (χ3v) is 4.89. The number of nitrogens with zero attached hydrogens (tertiary/aromatic N) is 2. The average Bonchev–Trinajstić information content (AvgIpc) is 2.97. The number of amides is 2. The molecule has 0 saturated carbocycles. The molecule has 0 saturated heterocycles. The summed E-state index contributed by atoms with van der Waals surface area (Å²) < 4.78 is 2.01. The minimum Gasteiger partial charge on any atom is -0.352 e. The Morgan fingerprint density at radius 1 is 1.30 bits per heavy atom. The zero-order valence-electron chi connectivity index (χ0n) is 15.3. The Bertz CT molecular complexity index is 1020. The van der Waals surface area contributed by atoms with Crippen LogP contribution in [0.15, 0.2) is 42.7 Å². The first-order valence-corrected chi connectivity index (χ1v) is 9.24. The van der Waals surface area contributed by atoms with Gasteiger partial charge < -0.3 is 15.0 Å². The van der Waals surface area contributed by atoms with E-state index in [9.17, 15) is 9.59 Å².